The molecule has 1 spiro atoms. The van der Waals surface area contributed by atoms with E-state index in [2.05, 4.69) is 0 Å². The van der Waals surface area contributed by atoms with Gasteiger partial charge in [-0.1, -0.05) is 6.42 Å². The van der Waals surface area contributed by atoms with Crippen LogP contribution in [0.25, 0.3) is 0 Å². The van der Waals surface area contributed by atoms with E-state index in [9.17, 15) is 14.4 Å². The molecular weight excluding hydrogens is 288 g/mol. The van der Waals surface area contributed by atoms with Crippen LogP contribution in [0, 0.1) is 11.8 Å². The van der Waals surface area contributed by atoms with E-state index in [4.69, 9.17) is 14.2 Å². The summed E-state index contributed by atoms with van der Waals surface area (Å²) in [6.07, 6.45) is 5.13. The molecule has 0 aromatic rings. The zero-order valence-electron chi connectivity index (χ0n) is 13.3. The Kier molecular flexibility index (Phi) is 5.42. The quantitative estimate of drug-likeness (QED) is 0.439. The highest BCUT2D eigenvalue weighted by Crippen LogP contribution is 2.44. The molecule has 0 amide bonds. The fraction of sp³-hybridized carbons (Fsp3) is 0.812. The first-order valence-electron chi connectivity index (χ1n) is 8.09. The number of carbonyl (C=O) groups excluding carboxylic acids is 3. The van der Waals surface area contributed by atoms with Crippen LogP contribution in [0.4, 0.5) is 0 Å². The average molecular weight is 312 g/mol. The van der Waals surface area contributed by atoms with Gasteiger partial charge < -0.3 is 14.2 Å². The average Bonchev–Trinajstić information content (AvgIpc) is 2.77. The first-order valence-corrected chi connectivity index (χ1v) is 8.09. The highest BCUT2D eigenvalue weighted by molar-refractivity contribution is 5.99. The zero-order chi connectivity index (χ0) is 16.2. The summed E-state index contributed by atoms with van der Waals surface area (Å²) in [6, 6.07) is 0. The molecule has 0 radical (unpaired) electrons. The maximum absolute atomic E-state index is 12.3. The molecule has 1 aliphatic carbocycles. The third-order valence-electron chi connectivity index (χ3n) is 4.46. The van der Waals surface area contributed by atoms with Crippen LogP contribution in [-0.2, 0) is 28.6 Å². The van der Waals surface area contributed by atoms with Gasteiger partial charge in [0.25, 0.3) is 0 Å². The lowest BCUT2D eigenvalue weighted by molar-refractivity contribution is -0.169. The summed E-state index contributed by atoms with van der Waals surface area (Å²) < 4.78 is 15.5. The van der Waals surface area contributed by atoms with Crippen molar-refractivity contribution in [1.29, 1.82) is 0 Å². The van der Waals surface area contributed by atoms with E-state index in [0.29, 0.717) is 6.42 Å². The molecular formula is C16H24O6. The third kappa shape index (κ3) is 3.42. The van der Waals surface area contributed by atoms with Gasteiger partial charge in [0.1, 0.15) is 5.60 Å². The Bertz CT molecular complexity index is 420. The fourth-order valence-corrected chi connectivity index (χ4v) is 3.46. The summed E-state index contributed by atoms with van der Waals surface area (Å²) in [6.45, 7) is 3.63. The normalized spacial score (nSPS) is 23.4. The van der Waals surface area contributed by atoms with Crippen molar-refractivity contribution in [1.82, 2.24) is 0 Å². The summed E-state index contributed by atoms with van der Waals surface area (Å²) >= 11 is 0. The van der Waals surface area contributed by atoms with E-state index in [-0.39, 0.29) is 13.2 Å². The van der Waals surface area contributed by atoms with Crippen molar-refractivity contribution >= 4 is 17.9 Å². The molecule has 0 aromatic heterocycles. The summed E-state index contributed by atoms with van der Waals surface area (Å²) in [4.78, 5) is 36.5. The van der Waals surface area contributed by atoms with Crippen molar-refractivity contribution in [2.24, 2.45) is 11.8 Å². The van der Waals surface area contributed by atoms with Crippen LogP contribution >= 0.6 is 0 Å². The third-order valence-corrected chi connectivity index (χ3v) is 4.46. The van der Waals surface area contributed by atoms with Crippen molar-refractivity contribution in [3.8, 4) is 0 Å². The SMILES string of the molecule is CCOC(=O)C(C(=O)OCC)C1CC2(CCCCC2)OC1=O. The van der Waals surface area contributed by atoms with Gasteiger partial charge in [-0.05, 0) is 39.5 Å². The van der Waals surface area contributed by atoms with Crippen molar-refractivity contribution in [3.05, 3.63) is 0 Å². The van der Waals surface area contributed by atoms with Crippen LogP contribution < -0.4 is 0 Å². The molecule has 1 saturated carbocycles. The van der Waals surface area contributed by atoms with E-state index in [1.807, 2.05) is 0 Å². The molecule has 1 atom stereocenters. The second-order valence-electron chi connectivity index (χ2n) is 5.96. The first kappa shape index (κ1) is 16.8. The van der Waals surface area contributed by atoms with E-state index in [1.165, 1.54) is 0 Å². The minimum atomic E-state index is -1.21. The zero-order valence-corrected chi connectivity index (χ0v) is 13.3. The standard InChI is InChI=1S/C16H24O6/c1-3-20-14(18)12(15(19)21-4-2)11-10-16(22-13(11)17)8-6-5-7-9-16/h11-12H,3-10H2,1-2H3. The van der Waals surface area contributed by atoms with Crippen LogP contribution in [0.2, 0.25) is 0 Å². The molecule has 0 bridgehead atoms. The van der Waals surface area contributed by atoms with Crippen molar-refractivity contribution in [3.63, 3.8) is 0 Å². The Morgan fingerprint density at radius 3 is 2.18 bits per heavy atom. The lowest BCUT2D eigenvalue weighted by Gasteiger charge is -2.31. The molecule has 6 heteroatoms. The lowest BCUT2D eigenvalue weighted by Crippen LogP contribution is -2.37. The lowest BCUT2D eigenvalue weighted by atomic mass is 9.77. The molecule has 22 heavy (non-hydrogen) atoms. The summed E-state index contributed by atoms with van der Waals surface area (Å²) in [5, 5.41) is 0. The molecule has 2 rings (SSSR count). The molecule has 2 aliphatic rings. The molecule has 1 heterocycles. The van der Waals surface area contributed by atoms with Gasteiger partial charge in [-0.2, -0.15) is 0 Å². The van der Waals surface area contributed by atoms with Crippen LogP contribution in [0.3, 0.4) is 0 Å². The Labute approximate surface area is 130 Å². The predicted octanol–water partition coefficient (Wildman–Crippen LogP) is 1.99. The monoisotopic (exact) mass is 312 g/mol. The second kappa shape index (κ2) is 7.11. The van der Waals surface area contributed by atoms with E-state index >= 15 is 0 Å². The topological polar surface area (TPSA) is 78.9 Å². The van der Waals surface area contributed by atoms with Gasteiger partial charge in [0, 0.05) is 6.42 Å². The maximum atomic E-state index is 12.3. The molecule has 0 N–H and O–H groups in total. The van der Waals surface area contributed by atoms with Crippen molar-refractivity contribution in [2.45, 2.75) is 58.0 Å². The molecule has 2 fully saturated rings. The van der Waals surface area contributed by atoms with E-state index in [1.54, 1.807) is 13.8 Å². The van der Waals surface area contributed by atoms with Crippen LogP contribution in [0.15, 0.2) is 0 Å². The van der Waals surface area contributed by atoms with Crippen LogP contribution in [0.5, 0.6) is 0 Å². The minimum absolute atomic E-state index is 0.154. The predicted molar refractivity (Wildman–Crippen MR) is 76.8 cm³/mol. The minimum Gasteiger partial charge on any atom is -0.465 e. The Morgan fingerprint density at radius 2 is 1.68 bits per heavy atom. The van der Waals surface area contributed by atoms with Crippen LogP contribution in [0.1, 0.15) is 52.4 Å². The number of hydrogen-bond acceptors (Lipinski definition) is 6. The smallest absolute Gasteiger partial charge is 0.321 e. The molecule has 6 nitrogen and oxygen atoms in total. The van der Waals surface area contributed by atoms with Gasteiger partial charge in [-0.3, -0.25) is 14.4 Å². The Balaban J connectivity index is 2.17. The van der Waals surface area contributed by atoms with Gasteiger partial charge in [0.2, 0.25) is 0 Å². The Morgan fingerprint density at radius 1 is 1.14 bits per heavy atom. The van der Waals surface area contributed by atoms with Crippen molar-refractivity contribution < 1.29 is 28.6 Å². The summed E-state index contributed by atoms with van der Waals surface area (Å²) in [7, 11) is 0. The van der Waals surface area contributed by atoms with E-state index < -0.39 is 35.3 Å². The number of hydrogen-bond donors (Lipinski definition) is 0. The highest BCUT2D eigenvalue weighted by Gasteiger charge is 2.54. The van der Waals surface area contributed by atoms with Gasteiger partial charge in [0.05, 0.1) is 19.1 Å². The fourth-order valence-electron chi connectivity index (χ4n) is 3.46. The number of ether oxygens (including phenoxy) is 3. The molecule has 1 aliphatic heterocycles. The largest absolute Gasteiger partial charge is 0.465 e. The second-order valence-corrected chi connectivity index (χ2v) is 5.96. The van der Waals surface area contributed by atoms with Gasteiger partial charge in [-0.25, -0.2) is 0 Å². The van der Waals surface area contributed by atoms with E-state index in [0.717, 1.165) is 32.1 Å². The highest BCUT2D eigenvalue weighted by atomic mass is 16.6. The van der Waals surface area contributed by atoms with Gasteiger partial charge in [-0.15, -0.1) is 0 Å². The Hall–Kier alpha value is -1.59. The summed E-state index contributed by atoms with van der Waals surface area (Å²) in [5.74, 6) is -3.88. The number of esters is 3. The number of rotatable bonds is 5. The summed E-state index contributed by atoms with van der Waals surface area (Å²) in [5.41, 5.74) is -0.503. The van der Waals surface area contributed by atoms with Gasteiger partial charge >= 0.3 is 17.9 Å². The maximum Gasteiger partial charge on any atom is 0.321 e. The van der Waals surface area contributed by atoms with Gasteiger partial charge in [0.15, 0.2) is 5.92 Å². The molecule has 0 aromatic carbocycles. The number of carbonyl (C=O) groups is 3. The van der Waals surface area contributed by atoms with Crippen LogP contribution in [-0.4, -0.2) is 36.7 Å². The van der Waals surface area contributed by atoms with Crippen molar-refractivity contribution in [2.75, 3.05) is 13.2 Å². The molecule has 1 saturated heterocycles. The first-order chi connectivity index (χ1) is 10.5. The molecule has 1 unspecified atom stereocenters. The molecule has 124 valence electrons.